The van der Waals surface area contributed by atoms with Crippen LogP contribution < -0.4 is 10.6 Å². The van der Waals surface area contributed by atoms with Crippen molar-refractivity contribution in [2.45, 2.75) is 46.2 Å². The fourth-order valence-electron chi connectivity index (χ4n) is 3.39. The molecule has 0 aliphatic carbocycles. The highest BCUT2D eigenvalue weighted by Gasteiger charge is 2.25. The largest absolute Gasteiger partial charge is 0.357 e. The normalized spacial score (nSPS) is 17.8. The summed E-state index contributed by atoms with van der Waals surface area (Å²) >= 11 is 3.53. The average molecular weight is 406 g/mol. The van der Waals surface area contributed by atoms with Crippen molar-refractivity contribution in [2.24, 2.45) is 10.9 Å². The van der Waals surface area contributed by atoms with Crippen LogP contribution in [-0.2, 0) is 6.54 Å². The first kappa shape index (κ1) is 20.3. The summed E-state index contributed by atoms with van der Waals surface area (Å²) in [6.07, 6.45) is 2.58. The number of piperidine rings is 1. The number of aromatic nitrogens is 1. The molecule has 0 amide bonds. The minimum absolute atomic E-state index is 0.409. The molecule has 3 heterocycles. The first-order valence-corrected chi connectivity index (χ1v) is 11.6. The molecule has 148 valence electrons. The Morgan fingerprint density at radius 1 is 1.33 bits per heavy atom. The van der Waals surface area contributed by atoms with Crippen LogP contribution in [0.3, 0.4) is 0 Å². The SMILES string of the molecule is CCNC(=NCc1scnc1C)NCC(c1cccs1)N1CCC(C)CC1. The second kappa shape index (κ2) is 10.2. The lowest BCUT2D eigenvalue weighted by atomic mass is 9.97. The topological polar surface area (TPSA) is 52.6 Å². The highest BCUT2D eigenvalue weighted by Crippen LogP contribution is 2.29. The van der Waals surface area contributed by atoms with E-state index in [0.717, 1.165) is 30.7 Å². The second-order valence-electron chi connectivity index (χ2n) is 7.19. The Labute approximate surface area is 170 Å². The average Bonchev–Trinajstić information content (AvgIpc) is 3.33. The Balaban J connectivity index is 1.65. The molecule has 0 spiro atoms. The zero-order valence-electron chi connectivity index (χ0n) is 16.6. The minimum atomic E-state index is 0.409. The van der Waals surface area contributed by atoms with E-state index in [4.69, 9.17) is 4.99 Å². The molecular weight excluding hydrogens is 374 g/mol. The number of likely N-dealkylation sites (tertiary alicyclic amines) is 1. The summed E-state index contributed by atoms with van der Waals surface area (Å²) in [5.41, 5.74) is 2.98. The zero-order chi connectivity index (χ0) is 19.1. The number of nitrogens with one attached hydrogen (secondary N) is 2. The van der Waals surface area contributed by atoms with Gasteiger partial charge in [0.15, 0.2) is 5.96 Å². The van der Waals surface area contributed by atoms with Crippen molar-refractivity contribution in [1.29, 1.82) is 0 Å². The van der Waals surface area contributed by atoms with Crippen LogP contribution in [0.1, 0.15) is 48.2 Å². The third kappa shape index (κ3) is 5.77. The minimum Gasteiger partial charge on any atom is -0.357 e. The van der Waals surface area contributed by atoms with Gasteiger partial charge in [0.25, 0.3) is 0 Å². The Morgan fingerprint density at radius 3 is 2.78 bits per heavy atom. The van der Waals surface area contributed by atoms with Crippen LogP contribution in [-0.4, -0.2) is 42.0 Å². The first-order chi connectivity index (χ1) is 13.2. The lowest BCUT2D eigenvalue weighted by Gasteiger charge is -2.36. The zero-order valence-corrected chi connectivity index (χ0v) is 18.2. The van der Waals surface area contributed by atoms with Crippen LogP contribution in [0.5, 0.6) is 0 Å². The second-order valence-corrected chi connectivity index (χ2v) is 9.11. The molecule has 1 saturated heterocycles. The van der Waals surface area contributed by atoms with Crippen molar-refractivity contribution >= 4 is 28.6 Å². The van der Waals surface area contributed by atoms with Crippen molar-refractivity contribution in [1.82, 2.24) is 20.5 Å². The van der Waals surface area contributed by atoms with Crippen LogP contribution in [0.2, 0.25) is 0 Å². The van der Waals surface area contributed by atoms with Gasteiger partial charge >= 0.3 is 0 Å². The van der Waals surface area contributed by atoms with Gasteiger partial charge in [-0.05, 0) is 57.1 Å². The van der Waals surface area contributed by atoms with E-state index in [9.17, 15) is 0 Å². The van der Waals surface area contributed by atoms with Crippen LogP contribution in [0.25, 0.3) is 0 Å². The lowest BCUT2D eigenvalue weighted by molar-refractivity contribution is 0.140. The molecular formula is C20H31N5S2. The van der Waals surface area contributed by atoms with Crippen LogP contribution in [0.15, 0.2) is 28.0 Å². The molecule has 1 fully saturated rings. The molecule has 2 aromatic heterocycles. The van der Waals surface area contributed by atoms with Gasteiger partial charge in [0.05, 0.1) is 23.8 Å². The van der Waals surface area contributed by atoms with Gasteiger partial charge in [0.1, 0.15) is 0 Å². The van der Waals surface area contributed by atoms with Crippen LogP contribution in [0.4, 0.5) is 0 Å². The van der Waals surface area contributed by atoms with Crippen molar-refractivity contribution in [3.05, 3.63) is 38.5 Å². The number of nitrogens with zero attached hydrogens (tertiary/aromatic N) is 3. The molecule has 1 unspecified atom stereocenters. The Kier molecular flexibility index (Phi) is 7.67. The highest BCUT2D eigenvalue weighted by molar-refractivity contribution is 7.10. The molecule has 2 N–H and O–H groups in total. The molecule has 2 aromatic rings. The van der Waals surface area contributed by atoms with Gasteiger partial charge in [-0.2, -0.15) is 0 Å². The lowest BCUT2D eigenvalue weighted by Crippen LogP contribution is -2.45. The molecule has 1 atom stereocenters. The number of hydrogen-bond donors (Lipinski definition) is 2. The third-order valence-corrected chi connectivity index (χ3v) is 7.06. The highest BCUT2D eigenvalue weighted by atomic mass is 32.1. The number of aliphatic imine (C=N–C) groups is 1. The van der Waals surface area contributed by atoms with Crippen molar-refractivity contribution in [3.8, 4) is 0 Å². The Hall–Kier alpha value is -1.44. The monoisotopic (exact) mass is 405 g/mol. The predicted octanol–water partition coefficient (Wildman–Crippen LogP) is 4.04. The van der Waals surface area contributed by atoms with E-state index in [1.54, 1.807) is 11.3 Å². The molecule has 7 heteroatoms. The van der Waals surface area contributed by atoms with Gasteiger partial charge in [-0.25, -0.2) is 9.98 Å². The van der Waals surface area contributed by atoms with Gasteiger partial charge in [0.2, 0.25) is 0 Å². The van der Waals surface area contributed by atoms with Gasteiger partial charge in [-0.15, -0.1) is 22.7 Å². The van der Waals surface area contributed by atoms with E-state index in [1.165, 1.54) is 35.7 Å². The van der Waals surface area contributed by atoms with Crippen molar-refractivity contribution in [3.63, 3.8) is 0 Å². The number of thiazole rings is 1. The number of rotatable bonds is 7. The van der Waals surface area contributed by atoms with Gasteiger partial charge in [-0.3, -0.25) is 4.90 Å². The van der Waals surface area contributed by atoms with Gasteiger partial charge in [-0.1, -0.05) is 13.0 Å². The van der Waals surface area contributed by atoms with E-state index < -0.39 is 0 Å². The fraction of sp³-hybridized carbons (Fsp3) is 0.600. The predicted molar refractivity (Wildman–Crippen MR) is 117 cm³/mol. The summed E-state index contributed by atoms with van der Waals surface area (Å²) in [7, 11) is 0. The maximum Gasteiger partial charge on any atom is 0.191 e. The smallest absolute Gasteiger partial charge is 0.191 e. The quantitative estimate of drug-likeness (QED) is 0.539. The molecule has 0 saturated carbocycles. The fourth-order valence-corrected chi connectivity index (χ4v) is 4.96. The van der Waals surface area contributed by atoms with Gasteiger partial charge < -0.3 is 10.6 Å². The number of aryl methyl sites for hydroxylation is 1. The van der Waals surface area contributed by atoms with Crippen LogP contribution in [0, 0.1) is 12.8 Å². The molecule has 1 aliphatic heterocycles. The molecule has 0 bridgehead atoms. The summed E-state index contributed by atoms with van der Waals surface area (Å²) in [5.74, 6) is 1.73. The number of guanidine groups is 1. The summed E-state index contributed by atoms with van der Waals surface area (Å²) in [4.78, 5) is 14.4. The van der Waals surface area contributed by atoms with Crippen LogP contribution >= 0.6 is 22.7 Å². The molecule has 1 aliphatic rings. The maximum absolute atomic E-state index is 4.78. The van der Waals surface area contributed by atoms with E-state index in [2.05, 4.69) is 51.9 Å². The molecule has 0 aromatic carbocycles. The molecule has 27 heavy (non-hydrogen) atoms. The molecule has 3 rings (SSSR count). The number of hydrogen-bond acceptors (Lipinski definition) is 5. The summed E-state index contributed by atoms with van der Waals surface area (Å²) in [6.45, 7) is 11.3. The first-order valence-electron chi connectivity index (χ1n) is 9.86. The summed E-state index contributed by atoms with van der Waals surface area (Å²) < 4.78 is 0. The van der Waals surface area contributed by atoms with E-state index in [0.29, 0.717) is 12.6 Å². The van der Waals surface area contributed by atoms with Crippen molar-refractivity contribution in [2.75, 3.05) is 26.2 Å². The van der Waals surface area contributed by atoms with E-state index in [1.807, 2.05) is 23.8 Å². The maximum atomic E-state index is 4.78. The summed E-state index contributed by atoms with van der Waals surface area (Å²) in [6, 6.07) is 4.83. The number of thiophene rings is 1. The van der Waals surface area contributed by atoms with Gasteiger partial charge in [0, 0.05) is 22.8 Å². The standard InChI is InChI=1S/C20H31N5S2/c1-4-21-20(23-13-19-16(3)24-14-27-19)22-12-17(18-6-5-11-26-18)25-9-7-15(2)8-10-25/h5-6,11,14-15,17H,4,7-10,12-13H2,1-3H3,(H2,21,22,23). The summed E-state index contributed by atoms with van der Waals surface area (Å²) in [5, 5.41) is 9.15. The molecule has 0 radical (unpaired) electrons. The van der Waals surface area contributed by atoms with E-state index in [-0.39, 0.29) is 0 Å². The van der Waals surface area contributed by atoms with Crippen molar-refractivity contribution < 1.29 is 0 Å². The van der Waals surface area contributed by atoms with E-state index >= 15 is 0 Å². The Morgan fingerprint density at radius 2 is 2.15 bits per heavy atom. The molecule has 5 nitrogen and oxygen atoms in total. The Bertz CT molecular complexity index is 702. The third-order valence-electron chi connectivity index (χ3n) is 5.16.